The van der Waals surface area contributed by atoms with Crippen molar-refractivity contribution in [2.45, 2.75) is 31.7 Å². The van der Waals surface area contributed by atoms with Crippen LogP contribution >= 0.6 is 0 Å². The summed E-state index contributed by atoms with van der Waals surface area (Å²) in [7, 11) is 1.65. The van der Waals surface area contributed by atoms with Crippen LogP contribution in [0.5, 0.6) is 5.88 Å². The van der Waals surface area contributed by atoms with Crippen molar-refractivity contribution >= 4 is 0 Å². The number of aryl methyl sites for hydroxylation is 1. The zero-order chi connectivity index (χ0) is 14.5. The Kier molecular flexibility index (Phi) is 4.51. The van der Waals surface area contributed by atoms with Gasteiger partial charge in [0.25, 0.3) is 0 Å². The van der Waals surface area contributed by atoms with Crippen molar-refractivity contribution in [1.82, 2.24) is 10.3 Å². The summed E-state index contributed by atoms with van der Waals surface area (Å²) >= 11 is 0. The maximum absolute atomic E-state index is 5.16. The molecule has 1 atom stereocenters. The van der Waals surface area contributed by atoms with Crippen molar-refractivity contribution in [3.63, 3.8) is 0 Å². The van der Waals surface area contributed by atoms with E-state index in [-0.39, 0.29) is 0 Å². The predicted molar refractivity (Wildman–Crippen MR) is 84.6 cm³/mol. The summed E-state index contributed by atoms with van der Waals surface area (Å²) in [6.07, 6.45) is 5.61. The molecule has 1 aliphatic carbocycles. The van der Waals surface area contributed by atoms with Crippen LogP contribution in [0.25, 0.3) is 0 Å². The number of fused-ring (bicyclic) bond motifs is 1. The van der Waals surface area contributed by atoms with Crippen molar-refractivity contribution in [2.75, 3.05) is 13.7 Å². The summed E-state index contributed by atoms with van der Waals surface area (Å²) < 4.78 is 5.16. The van der Waals surface area contributed by atoms with Gasteiger partial charge in [-0.05, 0) is 47.9 Å². The largest absolute Gasteiger partial charge is 0.481 e. The number of benzene rings is 1. The van der Waals surface area contributed by atoms with Gasteiger partial charge < -0.3 is 10.1 Å². The van der Waals surface area contributed by atoms with Gasteiger partial charge in [-0.1, -0.05) is 24.3 Å². The van der Waals surface area contributed by atoms with Gasteiger partial charge in [0.15, 0.2) is 0 Å². The highest BCUT2D eigenvalue weighted by atomic mass is 16.5. The van der Waals surface area contributed by atoms with E-state index in [4.69, 9.17) is 4.74 Å². The third-order valence-corrected chi connectivity index (χ3v) is 4.22. The quantitative estimate of drug-likeness (QED) is 0.913. The normalized spacial score (nSPS) is 17.3. The van der Waals surface area contributed by atoms with Crippen molar-refractivity contribution in [3.8, 4) is 5.88 Å². The summed E-state index contributed by atoms with van der Waals surface area (Å²) in [5.74, 6) is 1.32. The Labute approximate surface area is 126 Å². The second-order valence-corrected chi connectivity index (χ2v) is 5.63. The molecule has 3 heteroatoms. The Hall–Kier alpha value is -1.87. The third kappa shape index (κ3) is 3.42. The molecule has 110 valence electrons. The molecule has 0 bridgehead atoms. The maximum Gasteiger partial charge on any atom is 0.213 e. The molecule has 2 aromatic rings. The van der Waals surface area contributed by atoms with E-state index in [2.05, 4.69) is 34.6 Å². The Bertz CT molecular complexity index is 597. The van der Waals surface area contributed by atoms with Crippen LogP contribution in [0.4, 0.5) is 0 Å². The van der Waals surface area contributed by atoms with E-state index in [1.807, 2.05) is 12.1 Å². The van der Waals surface area contributed by atoms with Crippen LogP contribution in [-0.2, 0) is 13.0 Å². The number of pyridine rings is 1. The minimum Gasteiger partial charge on any atom is -0.481 e. The first-order valence-corrected chi connectivity index (χ1v) is 7.64. The Morgan fingerprint density at radius 2 is 2.19 bits per heavy atom. The molecule has 0 fully saturated rings. The van der Waals surface area contributed by atoms with Gasteiger partial charge in [0.2, 0.25) is 5.88 Å². The highest BCUT2D eigenvalue weighted by Gasteiger charge is 2.18. The van der Waals surface area contributed by atoms with Gasteiger partial charge in [0.05, 0.1) is 7.11 Å². The van der Waals surface area contributed by atoms with Gasteiger partial charge >= 0.3 is 0 Å². The fraction of sp³-hybridized carbons (Fsp3) is 0.389. The summed E-state index contributed by atoms with van der Waals surface area (Å²) in [5, 5.41) is 3.58. The molecule has 3 rings (SSSR count). The van der Waals surface area contributed by atoms with E-state index in [1.54, 1.807) is 13.3 Å². The molecule has 0 radical (unpaired) electrons. The van der Waals surface area contributed by atoms with Gasteiger partial charge in [-0.3, -0.25) is 0 Å². The lowest BCUT2D eigenvalue weighted by Crippen LogP contribution is -2.24. The van der Waals surface area contributed by atoms with Crippen LogP contribution in [-0.4, -0.2) is 18.6 Å². The molecule has 21 heavy (non-hydrogen) atoms. The SMILES string of the molecule is COc1cc(CNCC2CCCc3ccccc32)ccn1. The second-order valence-electron chi connectivity index (χ2n) is 5.63. The van der Waals surface area contributed by atoms with Crippen molar-refractivity contribution in [3.05, 3.63) is 59.3 Å². The Balaban J connectivity index is 1.59. The summed E-state index contributed by atoms with van der Waals surface area (Å²) in [4.78, 5) is 4.14. The van der Waals surface area contributed by atoms with Crippen molar-refractivity contribution in [2.24, 2.45) is 0 Å². The lowest BCUT2D eigenvalue weighted by molar-refractivity contribution is 0.397. The monoisotopic (exact) mass is 282 g/mol. The lowest BCUT2D eigenvalue weighted by atomic mass is 9.83. The first-order valence-electron chi connectivity index (χ1n) is 7.64. The molecule has 1 heterocycles. The zero-order valence-electron chi connectivity index (χ0n) is 12.5. The molecule has 1 N–H and O–H groups in total. The van der Waals surface area contributed by atoms with Gasteiger partial charge in [0.1, 0.15) is 0 Å². The third-order valence-electron chi connectivity index (χ3n) is 4.22. The molecule has 0 saturated carbocycles. The number of hydrogen-bond donors (Lipinski definition) is 1. The molecule has 1 aromatic heterocycles. The van der Waals surface area contributed by atoms with E-state index in [1.165, 1.54) is 36.0 Å². The molecule has 0 aliphatic heterocycles. The molecule has 1 aromatic carbocycles. The number of aromatic nitrogens is 1. The lowest BCUT2D eigenvalue weighted by Gasteiger charge is -2.25. The Morgan fingerprint density at radius 1 is 1.29 bits per heavy atom. The summed E-state index contributed by atoms with van der Waals surface area (Å²) in [6, 6.07) is 12.9. The average Bonchev–Trinajstić information content (AvgIpc) is 2.55. The molecular weight excluding hydrogens is 260 g/mol. The smallest absolute Gasteiger partial charge is 0.213 e. The fourth-order valence-corrected chi connectivity index (χ4v) is 3.13. The van der Waals surface area contributed by atoms with Gasteiger partial charge in [0, 0.05) is 25.4 Å². The fourth-order valence-electron chi connectivity index (χ4n) is 3.13. The van der Waals surface area contributed by atoms with Crippen LogP contribution in [0.3, 0.4) is 0 Å². The van der Waals surface area contributed by atoms with E-state index in [0.29, 0.717) is 11.8 Å². The molecule has 3 nitrogen and oxygen atoms in total. The molecule has 0 saturated heterocycles. The van der Waals surface area contributed by atoms with Crippen LogP contribution in [0.15, 0.2) is 42.6 Å². The van der Waals surface area contributed by atoms with Gasteiger partial charge in [-0.25, -0.2) is 4.98 Å². The minimum absolute atomic E-state index is 0.638. The zero-order valence-corrected chi connectivity index (χ0v) is 12.5. The molecule has 1 unspecified atom stereocenters. The van der Waals surface area contributed by atoms with Crippen molar-refractivity contribution < 1.29 is 4.74 Å². The first kappa shape index (κ1) is 14.1. The average molecular weight is 282 g/mol. The number of nitrogens with zero attached hydrogens (tertiary/aromatic N) is 1. The van der Waals surface area contributed by atoms with Crippen LogP contribution in [0, 0.1) is 0 Å². The number of ether oxygens (including phenoxy) is 1. The van der Waals surface area contributed by atoms with Crippen LogP contribution in [0.2, 0.25) is 0 Å². The van der Waals surface area contributed by atoms with Gasteiger partial charge in [-0.15, -0.1) is 0 Å². The Morgan fingerprint density at radius 3 is 3.10 bits per heavy atom. The van der Waals surface area contributed by atoms with E-state index in [9.17, 15) is 0 Å². The topological polar surface area (TPSA) is 34.1 Å². The molecule has 1 aliphatic rings. The summed E-state index contributed by atoms with van der Waals surface area (Å²) in [5.41, 5.74) is 4.27. The molecular formula is C18H22N2O. The van der Waals surface area contributed by atoms with Crippen molar-refractivity contribution in [1.29, 1.82) is 0 Å². The number of methoxy groups -OCH3 is 1. The number of nitrogens with one attached hydrogen (secondary N) is 1. The van der Waals surface area contributed by atoms with Gasteiger partial charge in [-0.2, -0.15) is 0 Å². The molecule has 0 amide bonds. The predicted octanol–water partition coefficient (Wildman–Crippen LogP) is 3.30. The van der Waals surface area contributed by atoms with Crippen LogP contribution < -0.4 is 10.1 Å². The first-order chi connectivity index (χ1) is 10.4. The number of hydrogen-bond acceptors (Lipinski definition) is 3. The summed E-state index contributed by atoms with van der Waals surface area (Å²) in [6.45, 7) is 1.89. The van der Waals surface area contributed by atoms with E-state index in [0.717, 1.165) is 13.1 Å². The van der Waals surface area contributed by atoms with Crippen LogP contribution in [0.1, 0.15) is 35.4 Å². The highest BCUT2D eigenvalue weighted by molar-refractivity contribution is 5.32. The highest BCUT2D eigenvalue weighted by Crippen LogP contribution is 2.30. The van der Waals surface area contributed by atoms with E-state index < -0.39 is 0 Å². The standard InChI is InChI=1S/C18H22N2O/c1-21-18-11-14(9-10-20-18)12-19-13-16-7-4-6-15-5-2-3-8-17(15)16/h2-3,5,8-11,16,19H,4,6-7,12-13H2,1H3. The molecule has 0 spiro atoms. The second kappa shape index (κ2) is 6.72. The minimum atomic E-state index is 0.638. The van der Waals surface area contributed by atoms with E-state index >= 15 is 0 Å². The number of rotatable bonds is 5. The maximum atomic E-state index is 5.16.